The zero-order chi connectivity index (χ0) is 22.7. The van der Waals surface area contributed by atoms with Gasteiger partial charge in [-0.15, -0.1) is 11.3 Å². The van der Waals surface area contributed by atoms with E-state index in [1.807, 2.05) is 17.4 Å². The van der Waals surface area contributed by atoms with E-state index in [9.17, 15) is 0 Å². The second kappa shape index (κ2) is 6.21. The number of hydrogen-bond acceptors (Lipinski definition) is 2. The standard InChI is InChI=1S/C32H17NOS/c1-2-8-19-18(7-1)17-33-26-15-25-20-9-3-5-11-27(20)34-28(25)16-24(26)22-13-14-23-21-10-4-6-12-29(21)35-32(23)30(22)31(19)33/h1-17H. The summed E-state index contributed by atoms with van der Waals surface area (Å²) in [6, 6.07) is 35.0. The normalized spacial score (nSPS) is 12.6. The molecule has 3 heteroatoms. The van der Waals surface area contributed by atoms with Gasteiger partial charge in [-0.1, -0.05) is 72.8 Å². The Bertz CT molecular complexity index is 2330. The number of rotatable bonds is 0. The molecule has 9 rings (SSSR count). The van der Waals surface area contributed by atoms with Crippen molar-refractivity contribution in [2.45, 2.75) is 0 Å². The Morgan fingerprint density at radius 2 is 1.34 bits per heavy atom. The van der Waals surface area contributed by atoms with Gasteiger partial charge in [0.05, 0.1) is 11.0 Å². The van der Waals surface area contributed by atoms with Crippen LogP contribution in [-0.2, 0) is 0 Å². The molecule has 0 unspecified atom stereocenters. The van der Waals surface area contributed by atoms with Crippen LogP contribution in [0.25, 0.3) is 80.1 Å². The zero-order valence-electron chi connectivity index (χ0n) is 18.6. The van der Waals surface area contributed by atoms with E-state index in [0.29, 0.717) is 0 Å². The zero-order valence-corrected chi connectivity index (χ0v) is 19.4. The largest absolute Gasteiger partial charge is 0.456 e. The Morgan fingerprint density at radius 3 is 2.29 bits per heavy atom. The SMILES string of the molecule is c1ccc2c(c1)cn1c3cc4c(cc3c3ccc5c6ccccc6sc5c3c21)oc1ccccc14. The van der Waals surface area contributed by atoms with Crippen molar-refractivity contribution in [2.75, 3.05) is 0 Å². The highest BCUT2D eigenvalue weighted by molar-refractivity contribution is 7.26. The molecule has 0 aliphatic carbocycles. The second-order valence-corrected chi connectivity index (χ2v) is 10.4. The first-order chi connectivity index (χ1) is 17.3. The maximum atomic E-state index is 6.31. The fraction of sp³-hybridized carbons (Fsp3) is 0. The summed E-state index contributed by atoms with van der Waals surface area (Å²) in [6.45, 7) is 0. The summed E-state index contributed by atoms with van der Waals surface area (Å²) in [5, 5.41) is 11.4. The lowest BCUT2D eigenvalue weighted by molar-refractivity contribution is 0.669. The lowest BCUT2D eigenvalue weighted by Crippen LogP contribution is -1.90. The van der Waals surface area contributed by atoms with Crippen LogP contribution >= 0.6 is 11.3 Å². The molecule has 0 spiro atoms. The molecule has 0 bridgehead atoms. The van der Waals surface area contributed by atoms with E-state index in [1.165, 1.54) is 58.1 Å². The van der Waals surface area contributed by atoms with Crippen LogP contribution < -0.4 is 0 Å². The van der Waals surface area contributed by atoms with Crippen LogP contribution in [0.1, 0.15) is 0 Å². The summed E-state index contributed by atoms with van der Waals surface area (Å²) in [7, 11) is 0. The molecule has 0 radical (unpaired) electrons. The molecule has 0 aliphatic heterocycles. The summed E-state index contributed by atoms with van der Waals surface area (Å²) < 4.78 is 11.4. The first kappa shape index (κ1) is 18.0. The van der Waals surface area contributed by atoms with E-state index in [4.69, 9.17) is 4.42 Å². The molecular weight excluding hydrogens is 446 g/mol. The minimum atomic E-state index is 0.933. The summed E-state index contributed by atoms with van der Waals surface area (Å²) in [5.74, 6) is 0. The van der Waals surface area contributed by atoms with Crippen molar-refractivity contribution >= 4 is 91.4 Å². The molecule has 0 saturated carbocycles. The lowest BCUT2D eigenvalue weighted by Gasteiger charge is -2.11. The minimum Gasteiger partial charge on any atom is -0.456 e. The van der Waals surface area contributed by atoms with Crippen molar-refractivity contribution in [1.29, 1.82) is 0 Å². The van der Waals surface area contributed by atoms with Crippen molar-refractivity contribution in [3.05, 3.63) is 103 Å². The van der Waals surface area contributed by atoms with E-state index in [-0.39, 0.29) is 0 Å². The summed E-state index contributed by atoms with van der Waals surface area (Å²) in [4.78, 5) is 0. The van der Waals surface area contributed by atoms with Crippen molar-refractivity contribution in [1.82, 2.24) is 4.40 Å². The molecule has 2 nitrogen and oxygen atoms in total. The predicted molar refractivity (Wildman–Crippen MR) is 150 cm³/mol. The first-order valence-electron chi connectivity index (χ1n) is 11.9. The molecule has 0 aliphatic rings. The van der Waals surface area contributed by atoms with Crippen LogP contribution in [0.15, 0.2) is 108 Å². The van der Waals surface area contributed by atoms with E-state index < -0.39 is 0 Å². The smallest absolute Gasteiger partial charge is 0.136 e. The monoisotopic (exact) mass is 463 g/mol. The third kappa shape index (κ3) is 2.20. The van der Waals surface area contributed by atoms with Crippen LogP contribution in [0, 0.1) is 0 Å². The highest BCUT2D eigenvalue weighted by Gasteiger charge is 2.19. The van der Waals surface area contributed by atoms with Crippen molar-refractivity contribution in [2.24, 2.45) is 0 Å². The molecule has 0 amide bonds. The fourth-order valence-corrected chi connectivity index (χ4v) is 7.28. The average Bonchev–Trinajstić information content (AvgIpc) is 3.58. The van der Waals surface area contributed by atoms with Gasteiger partial charge in [0, 0.05) is 58.7 Å². The lowest BCUT2D eigenvalue weighted by atomic mass is 9.99. The summed E-state index contributed by atoms with van der Waals surface area (Å²) >= 11 is 1.90. The third-order valence-corrected chi connectivity index (χ3v) is 8.76. The molecule has 162 valence electrons. The number of benzene rings is 5. The van der Waals surface area contributed by atoms with E-state index in [0.717, 1.165) is 21.9 Å². The van der Waals surface area contributed by atoms with Gasteiger partial charge in [0.15, 0.2) is 0 Å². The number of furan rings is 1. The number of hydrogen-bond donors (Lipinski definition) is 0. The second-order valence-electron chi connectivity index (χ2n) is 9.36. The molecular formula is C32H17NOS. The number of pyridine rings is 1. The van der Waals surface area contributed by atoms with Crippen LogP contribution in [-0.4, -0.2) is 4.40 Å². The van der Waals surface area contributed by atoms with Gasteiger partial charge in [0.25, 0.3) is 0 Å². The molecule has 0 N–H and O–H groups in total. The maximum Gasteiger partial charge on any atom is 0.136 e. The fourth-order valence-electron chi connectivity index (χ4n) is 6.03. The van der Waals surface area contributed by atoms with Crippen LogP contribution in [0.3, 0.4) is 0 Å². The van der Waals surface area contributed by atoms with Gasteiger partial charge in [-0.05, 0) is 29.7 Å². The van der Waals surface area contributed by atoms with E-state index >= 15 is 0 Å². The quantitative estimate of drug-likeness (QED) is 0.205. The number of thiophene rings is 1. The van der Waals surface area contributed by atoms with Gasteiger partial charge in [-0.2, -0.15) is 0 Å². The topological polar surface area (TPSA) is 17.6 Å². The van der Waals surface area contributed by atoms with E-state index in [1.54, 1.807) is 0 Å². The summed E-state index contributed by atoms with van der Waals surface area (Å²) in [6.07, 6.45) is 2.30. The maximum absolute atomic E-state index is 6.31. The molecule has 0 saturated heterocycles. The van der Waals surface area contributed by atoms with Gasteiger partial charge in [-0.25, -0.2) is 0 Å². The minimum absolute atomic E-state index is 0.933. The molecule has 35 heavy (non-hydrogen) atoms. The van der Waals surface area contributed by atoms with E-state index in [2.05, 4.69) is 102 Å². The first-order valence-corrected chi connectivity index (χ1v) is 12.7. The van der Waals surface area contributed by atoms with Gasteiger partial charge in [0.1, 0.15) is 11.2 Å². The van der Waals surface area contributed by atoms with Crippen molar-refractivity contribution in [3.8, 4) is 0 Å². The Labute approximate surface area is 203 Å². The molecule has 9 aromatic rings. The Balaban J connectivity index is 1.62. The predicted octanol–water partition coefficient (Wildman–Crippen LogP) is 9.67. The number of aromatic nitrogens is 1. The van der Waals surface area contributed by atoms with Gasteiger partial charge < -0.3 is 8.82 Å². The number of nitrogens with zero attached hydrogens (tertiary/aromatic N) is 1. The van der Waals surface area contributed by atoms with Crippen LogP contribution in [0.5, 0.6) is 0 Å². The highest BCUT2D eigenvalue weighted by Crippen LogP contribution is 2.45. The number of fused-ring (bicyclic) bond motifs is 15. The van der Waals surface area contributed by atoms with Crippen molar-refractivity contribution < 1.29 is 4.42 Å². The molecule has 4 heterocycles. The Morgan fingerprint density at radius 1 is 0.571 bits per heavy atom. The Kier molecular flexibility index (Phi) is 3.20. The van der Waals surface area contributed by atoms with Gasteiger partial charge in [0.2, 0.25) is 0 Å². The molecule has 0 atom stereocenters. The Hall–Kier alpha value is -4.34. The molecule has 4 aromatic heterocycles. The molecule has 5 aromatic carbocycles. The highest BCUT2D eigenvalue weighted by atomic mass is 32.1. The van der Waals surface area contributed by atoms with Gasteiger partial charge >= 0.3 is 0 Å². The van der Waals surface area contributed by atoms with Crippen LogP contribution in [0.2, 0.25) is 0 Å². The average molecular weight is 464 g/mol. The van der Waals surface area contributed by atoms with Crippen LogP contribution in [0.4, 0.5) is 0 Å². The van der Waals surface area contributed by atoms with Gasteiger partial charge in [-0.3, -0.25) is 0 Å². The summed E-state index contributed by atoms with van der Waals surface area (Å²) in [5.41, 5.74) is 4.37. The third-order valence-electron chi connectivity index (χ3n) is 7.55. The van der Waals surface area contributed by atoms with Crippen molar-refractivity contribution in [3.63, 3.8) is 0 Å². The number of para-hydroxylation sites is 1. The molecule has 0 fully saturated rings.